The predicted molar refractivity (Wildman–Crippen MR) is 129 cm³/mol. The number of benzene rings is 2. The van der Waals surface area contributed by atoms with Gasteiger partial charge in [0.15, 0.2) is 5.82 Å². The number of carbonyl (C=O) groups excluding carboxylic acids is 1. The molecule has 0 unspecified atom stereocenters. The first-order valence-corrected chi connectivity index (χ1v) is 12.4. The van der Waals surface area contributed by atoms with Gasteiger partial charge in [0.25, 0.3) is 5.91 Å². The van der Waals surface area contributed by atoms with Crippen LogP contribution in [0, 0.1) is 4.91 Å². The highest BCUT2D eigenvalue weighted by Gasteiger charge is 2.16. The van der Waals surface area contributed by atoms with E-state index in [1.54, 1.807) is 0 Å². The number of hydrogen-bond acceptors (Lipinski definition) is 8. The lowest BCUT2D eigenvalue weighted by Crippen LogP contribution is -2.32. The number of nitroso groups, excluding NO2 is 1. The molecule has 34 heavy (non-hydrogen) atoms. The molecule has 0 aliphatic rings. The summed E-state index contributed by atoms with van der Waals surface area (Å²) in [4.78, 5) is 32.2. The molecule has 0 bridgehead atoms. The van der Waals surface area contributed by atoms with Crippen molar-refractivity contribution in [1.82, 2.24) is 14.7 Å². The number of anilines is 1. The number of carbonyl (C=O) groups is 1. The van der Waals surface area contributed by atoms with Crippen LogP contribution in [0.4, 0.5) is 5.82 Å². The Morgan fingerprint density at radius 3 is 2.21 bits per heavy atom. The molecule has 0 saturated heterocycles. The summed E-state index contributed by atoms with van der Waals surface area (Å²) in [6.07, 6.45) is 3.47. The molecule has 10 nitrogen and oxygen atoms in total. The standard InChI is InChI=1S/C23H25N5O5S/c1-34(31,32)26-21(29)17-33-15-9-8-14-28(27-30)20-16-24-22(18-10-4-2-5-11-18)23(25-20)19-12-6-3-7-13-19/h2-7,10-13,16H,8-9,14-15,17H2,1H3,(H,26,29). The number of aromatic nitrogens is 2. The van der Waals surface area contributed by atoms with Gasteiger partial charge in [0.1, 0.15) is 6.61 Å². The van der Waals surface area contributed by atoms with E-state index in [1.165, 1.54) is 11.2 Å². The van der Waals surface area contributed by atoms with E-state index in [4.69, 9.17) is 9.72 Å². The van der Waals surface area contributed by atoms with E-state index >= 15 is 0 Å². The van der Waals surface area contributed by atoms with Crippen LogP contribution in [-0.2, 0) is 19.6 Å². The van der Waals surface area contributed by atoms with Crippen molar-refractivity contribution >= 4 is 21.7 Å². The number of nitrogens with one attached hydrogen (secondary N) is 1. The van der Waals surface area contributed by atoms with Crippen LogP contribution in [0.25, 0.3) is 22.5 Å². The molecule has 0 atom stereocenters. The fourth-order valence-electron chi connectivity index (χ4n) is 3.17. The smallest absolute Gasteiger partial charge is 0.259 e. The molecule has 1 N–H and O–H groups in total. The fraction of sp³-hybridized carbons (Fsp3) is 0.261. The molecule has 1 aromatic heterocycles. The van der Waals surface area contributed by atoms with Gasteiger partial charge in [-0.2, -0.15) is 0 Å². The Bertz CT molecular complexity index is 1210. The number of unbranched alkanes of at least 4 members (excludes halogenated alkanes) is 1. The summed E-state index contributed by atoms with van der Waals surface area (Å²) in [6.45, 7) is 0.128. The average Bonchev–Trinajstić information content (AvgIpc) is 2.83. The van der Waals surface area contributed by atoms with Gasteiger partial charge in [-0.1, -0.05) is 60.7 Å². The van der Waals surface area contributed by atoms with Crippen LogP contribution in [-0.4, -0.2) is 50.3 Å². The Hall–Kier alpha value is -3.70. The molecule has 0 saturated carbocycles. The van der Waals surface area contributed by atoms with Crippen molar-refractivity contribution in [2.24, 2.45) is 5.29 Å². The van der Waals surface area contributed by atoms with Crippen molar-refractivity contribution in [3.05, 3.63) is 71.8 Å². The number of amides is 1. The van der Waals surface area contributed by atoms with E-state index in [-0.39, 0.29) is 19.8 Å². The molecule has 0 fully saturated rings. The maximum atomic E-state index is 11.5. The van der Waals surface area contributed by atoms with E-state index < -0.39 is 15.9 Å². The lowest BCUT2D eigenvalue weighted by atomic mass is 10.0. The fourth-order valence-corrected chi connectivity index (χ4v) is 3.65. The molecule has 0 spiro atoms. The molecule has 0 aliphatic heterocycles. The zero-order valence-corrected chi connectivity index (χ0v) is 19.4. The third kappa shape index (κ3) is 7.42. The normalized spacial score (nSPS) is 11.1. The van der Waals surface area contributed by atoms with Gasteiger partial charge in [-0.15, -0.1) is 4.91 Å². The van der Waals surface area contributed by atoms with Gasteiger partial charge in [-0.25, -0.2) is 18.4 Å². The van der Waals surface area contributed by atoms with E-state index in [1.807, 2.05) is 65.4 Å². The van der Waals surface area contributed by atoms with Crippen LogP contribution in [0.1, 0.15) is 12.8 Å². The van der Waals surface area contributed by atoms with Crippen molar-refractivity contribution in [1.29, 1.82) is 0 Å². The number of hydrogen-bond donors (Lipinski definition) is 1. The largest absolute Gasteiger partial charge is 0.372 e. The molecule has 11 heteroatoms. The minimum atomic E-state index is -3.61. The Morgan fingerprint density at radius 2 is 1.62 bits per heavy atom. The van der Waals surface area contributed by atoms with E-state index in [2.05, 4.69) is 10.3 Å². The zero-order chi connectivity index (χ0) is 24.4. The first-order valence-electron chi connectivity index (χ1n) is 10.5. The minimum absolute atomic E-state index is 0.220. The molecular weight excluding hydrogens is 458 g/mol. The summed E-state index contributed by atoms with van der Waals surface area (Å²) in [5, 5.41) is 4.32. The van der Waals surface area contributed by atoms with Gasteiger partial charge in [-0.3, -0.25) is 14.5 Å². The quantitative estimate of drug-likeness (QED) is 0.236. The lowest BCUT2D eigenvalue weighted by Gasteiger charge is -2.16. The molecule has 1 amide bonds. The number of rotatable bonds is 12. The van der Waals surface area contributed by atoms with Crippen LogP contribution in [0.5, 0.6) is 0 Å². The maximum absolute atomic E-state index is 11.5. The SMILES string of the molecule is CS(=O)(=O)NC(=O)COCCCCN(N=O)c1cnc(-c2ccccc2)c(-c2ccccc2)n1. The van der Waals surface area contributed by atoms with Crippen LogP contribution in [0.15, 0.2) is 72.1 Å². The van der Waals surface area contributed by atoms with Crippen LogP contribution in [0.3, 0.4) is 0 Å². The molecule has 0 aliphatic carbocycles. The summed E-state index contributed by atoms with van der Waals surface area (Å²) in [5.41, 5.74) is 3.10. The van der Waals surface area contributed by atoms with Gasteiger partial charge in [0.05, 0.1) is 29.1 Å². The molecule has 178 valence electrons. The first-order chi connectivity index (χ1) is 16.4. The topological polar surface area (TPSA) is 131 Å². The second-order valence-corrected chi connectivity index (χ2v) is 9.17. The second-order valence-electron chi connectivity index (χ2n) is 7.42. The Morgan fingerprint density at radius 1 is 1.00 bits per heavy atom. The Labute approximate surface area is 198 Å². The third-order valence-corrected chi connectivity index (χ3v) is 5.26. The van der Waals surface area contributed by atoms with Gasteiger partial charge >= 0.3 is 0 Å². The molecular formula is C23H25N5O5S. The minimum Gasteiger partial charge on any atom is -0.372 e. The monoisotopic (exact) mass is 483 g/mol. The molecule has 3 rings (SSSR count). The molecule has 2 aromatic carbocycles. The number of sulfonamides is 1. The molecule has 0 radical (unpaired) electrons. The molecule has 1 heterocycles. The van der Waals surface area contributed by atoms with E-state index in [0.29, 0.717) is 30.0 Å². The summed E-state index contributed by atoms with van der Waals surface area (Å²) >= 11 is 0. The van der Waals surface area contributed by atoms with Gasteiger partial charge in [-0.05, 0) is 12.8 Å². The van der Waals surface area contributed by atoms with E-state index in [0.717, 1.165) is 17.4 Å². The highest BCUT2D eigenvalue weighted by atomic mass is 32.2. The Balaban J connectivity index is 1.65. The van der Waals surface area contributed by atoms with Crippen LogP contribution >= 0.6 is 0 Å². The van der Waals surface area contributed by atoms with Gasteiger partial charge in [0.2, 0.25) is 10.0 Å². The highest BCUT2D eigenvalue weighted by Crippen LogP contribution is 2.30. The average molecular weight is 484 g/mol. The zero-order valence-electron chi connectivity index (χ0n) is 18.6. The third-order valence-electron chi connectivity index (χ3n) is 4.66. The van der Waals surface area contributed by atoms with Gasteiger partial charge in [0, 0.05) is 24.3 Å². The first kappa shape index (κ1) is 24.9. The summed E-state index contributed by atoms with van der Waals surface area (Å²) in [6, 6.07) is 19.2. The van der Waals surface area contributed by atoms with E-state index in [9.17, 15) is 18.1 Å². The van der Waals surface area contributed by atoms with Crippen molar-refractivity contribution in [2.45, 2.75) is 12.8 Å². The molecule has 3 aromatic rings. The predicted octanol–water partition coefficient (Wildman–Crippen LogP) is 3.17. The Kier molecular flexibility index (Phi) is 8.77. The van der Waals surface area contributed by atoms with Crippen molar-refractivity contribution in [3.8, 4) is 22.5 Å². The maximum Gasteiger partial charge on any atom is 0.259 e. The van der Waals surface area contributed by atoms with Crippen molar-refractivity contribution < 1.29 is 17.9 Å². The lowest BCUT2D eigenvalue weighted by molar-refractivity contribution is -0.123. The van der Waals surface area contributed by atoms with Gasteiger partial charge < -0.3 is 4.74 Å². The highest BCUT2D eigenvalue weighted by molar-refractivity contribution is 7.89. The summed E-state index contributed by atoms with van der Waals surface area (Å²) < 4.78 is 29.0. The van der Waals surface area contributed by atoms with Crippen LogP contribution < -0.4 is 9.73 Å². The summed E-state index contributed by atoms with van der Waals surface area (Å²) in [5.74, 6) is -0.414. The number of nitrogens with zero attached hydrogens (tertiary/aromatic N) is 4. The van der Waals surface area contributed by atoms with Crippen molar-refractivity contribution in [3.63, 3.8) is 0 Å². The van der Waals surface area contributed by atoms with Crippen LogP contribution in [0.2, 0.25) is 0 Å². The van der Waals surface area contributed by atoms with Crippen molar-refractivity contribution in [2.75, 3.05) is 31.0 Å². The summed E-state index contributed by atoms with van der Waals surface area (Å²) in [7, 11) is -3.61. The second kappa shape index (κ2) is 12.0. The number of ether oxygens (including phenoxy) is 1.